The van der Waals surface area contributed by atoms with Crippen LogP contribution in [-0.4, -0.2) is 108 Å². The van der Waals surface area contributed by atoms with Gasteiger partial charge in [-0.1, -0.05) is 5.16 Å². The van der Waals surface area contributed by atoms with Gasteiger partial charge in [0.15, 0.2) is 5.13 Å². The number of alkyl carbamates (subject to hydrolysis) is 1. The molecule has 3 rings (SSSR count). The SMILES string of the molecule is Cn1c(-c2ccc(OCC(O/N=C(\C(=O)O)c3csc(NC(=O)OC(C)(C)C)n3)C(=O)OC(C)(C)C)cc2)cn(CC(O)CNC(=O)OC(C)(C)C)/c1=N/C(=O)OC(C)(C)C. The fourth-order valence-electron chi connectivity index (χ4n) is 4.85. The van der Waals surface area contributed by atoms with Gasteiger partial charge in [0, 0.05) is 25.2 Å². The van der Waals surface area contributed by atoms with Crippen LogP contribution in [0.15, 0.2) is 46.0 Å². The van der Waals surface area contributed by atoms with Crippen molar-refractivity contribution in [2.45, 2.75) is 124 Å². The Kier molecular flexibility index (Phi) is 16.3. The highest BCUT2D eigenvalue weighted by Gasteiger charge is 2.30. The van der Waals surface area contributed by atoms with Gasteiger partial charge in [-0.3, -0.25) is 5.32 Å². The summed E-state index contributed by atoms with van der Waals surface area (Å²) >= 11 is 0.922. The summed E-state index contributed by atoms with van der Waals surface area (Å²) in [4.78, 5) is 76.2. The normalized spacial score (nSPS) is 13.7. The zero-order valence-corrected chi connectivity index (χ0v) is 37.6. The molecule has 2 heterocycles. The number of hydrogen-bond donors (Lipinski definition) is 4. The third kappa shape index (κ3) is 17.3. The van der Waals surface area contributed by atoms with Crippen molar-refractivity contribution in [2.75, 3.05) is 18.5 Å². The van der Waals surface area contributed by atoms with Crippen LogP contribution in [0.25, 0.3) is 11.3 Å². The van der Waals surface area contributed by atoms with Crippen LogP contribution in [0.2, 0.25) is 0 Å². The first-order valence-corrected chi connectivity index (χ1v) is 19.9. The molecule has 0 saturated carbocycles. The number of esters is 1. The molecule has 0 spiro atoms. The van der Waals surface area contributed by atoms with Gasteiger partial charge >= 0.3 is 30.2 Å². The van der Waals surface area contributed by atoms with E-state index in [0.29, 0.717) is 11.3 Å². The van der Waals surface area contributed by atoms with Crippen molar-refractivity contribution in [3.8, 4) is 17.0 Å². The van der Waals surface area contributed by atoms with Crippen molar-refractivity contribution in [3.63, 3.8) is 0 Å². The second-order valence-electron chi connectivity index (χ2n) is 17.5. The van der Waals surface area contributed by atoms with Crippen molar-refractivity contribution in [2.24, 2.45) is 17.2 Å². The molecule has 0 saturated heterocycles. The lowest BCUT2D eigenvalue weighted by Gasteiger charge is -2.23. The predicted molar refractivity (Wildman–Crippen MR) is 223 cm³/mol. The zero-order chi connectivity index (χ0) is 46.1. The Morgan fingerprint density at radius 2 is 1.41 bits per heavy atom. The number of aromatic nitrogens is 3. The van der Waals surface area contributed by atoms with E-state index in [0.717, 1.165) is 11.3 Å². The average molecular weight is 876 g/mol. The van der Waals surface area contributed by atoms with Crippen molar-refractivity contribution in [1.29, 1.82) is 0 Å². The highest BCUT2D eigenvalue weighted by molar-refractivity contribution is 7.14. The van der Waals surface area contributed by atoms with E-state index in [4.69, 9.17) is 28.5 Å². The largest absolute Gasteiger partial charge is 0.489 e. The minimum absolute atomic E-state index is 0.0395. The molecular formula is C40H57N7O13S. The standard InChI is InChI=1S/C40H57N7O13S/c1-37(2,3)56-31(51)28(60-45-29(30(49)50)26-22-61-32(42-26)43-35(53)58-39(7,8)9)21-55-25-16-14-23(15-17-25)27-20-47(19-24(48)18-41-34(52)57-38(4,5)6)33(46(27)13)44-36(54)59-40(10,11)12/h14-17,20,22,24,28,48H,18-19,21H2,1-13H3,(H,41,52)(H,49,50)(H,42,43,53)/b44-33+,45-29-. The van der Waals surface area contributed by atoms with Crippen molar-refractivity contribution < 1.29 is 62.7 Å². The Morgan fingerprint density at radius 1 is 0.836 bits per heavy atom. The number of benzene rings is 1. The molecule has 21 heteroatoms. The highest BCUT2D eigenvalue weighted by atomic mass is 32.1. The van der Waals surface area contributed by atoms with E-state index in [-0.39, 0.29) is 35.3 Å². The van der Waals surface area contributed by atoms with Crippen molar-refractivity contribution >= 4 is 52.4 Å². The smallest absolute Gasteiger partial charge is 0.437 e. The summed E-state index contributed by atoms with van der Waals surface area (Å²) in [5, 5.41) is 30.8. The van der Waals surface area contributed by atoms with Crippen LogP contribution in [-0.2, 0) is 47.0 Å². The number of thiazole rings is 1. The first kappa shape index (κ1) is 49.4. The van der Waals surface area contributed by atoms with Gasteiger partial charge in [-0.05, 0) is 113 Å². The Morgan fingerprint density at radius 3 is 1.97 bits per heavy atom. The summed E-state index contributed by atoms with van der Waals surface area (Å²) in [5.74, 6) is -2.13. The molecule has 61 heavy (non-hydrogen) atoms. The summed E-state index contributed by atoms with van der Waals surface area (Å²) < 4.78 is 30.4. The number of hydrogen-bond acceptors (Lipinski definition) is 15. The van der Waals surface area contributed by atoms with E-state index < -0.39 is 77.1 Å². The van der Waals surface area contributed by atoms with Gasteiger partial charge in [0.1, 0.15) is 40.5 Å². The van der Waals surface area contributed by atoms with Crippen LogP contribution in [0.5, 0.6) is 5.75 Å². The molecule has 0 bridgehead atoms. The molecule has 2 atom stereocenters. The van der Waals surface area contributed by atoms with Gasteiger partial charge in [-0.15, -0.1) is 16.3 Å². The molecule has 0 aliphatic carbocycles. The number of aliphatic hydroxyl groups is 1. The van der Waals surface area contributed by atoms with Crippen LogP contribution < -0.4 is 21.0 Å². The highest BCUT2D eigenvalue weighted by Crippen LogP contribution is 2.23. The van der Waals surface area contributed by atoms with Crippen molar-refractivity contribution in [1.82, 2.24) is 19.4 Å². The number of carbonyl (C=O) groups excluding carboxylic acids is 4. The second-order valence-corrected chi connectivity index (χ2v) is 18.4. The molecule has 336 valence electrons. The van der Waals surface area contributed by atoms with Gasteiger partial charge in [-0.25, -0.2) is 29.0 Å². The number of nitrogens with zero attached hydrogens (tertiary/aromatic N) is 5. The summed E-state index contributed by atoms with van der Waals surface area (Å²) in [6, 6.07) is 6.59. The Balaban J connectivity index is 1.86. The van der Waals surface area contributed by atoms with E-state index >= 15 is 0 Å². The van der Waals surface area contributed by atoms with E-state index in [1.54, 1.807) is 130 Å². The van der Waals surface area contributed by atoms with Crippen LogP contribution in [0.1, 0.15) is 88.8 Å². The molecule has 0 radical (unpaired) electrons. The van der Waals surface area contributed by atoms with Crippen LogP contribution in [0.3, 0.4) is 0 Å². The quantitative estimate of drug-likeness (QED) is 0.0665. The van der Waals surface area contributed by atoms with Crippen LogP contribution in [0.4, 0.5) is 19.5 Å². The number of imidazole rings is 1. The minimum atomic E-state index is -1.54. The van der Waals surface area contributed by atoms with Crippen LogP contribution >= 0.6 is 11.3 Å². The number of carbonyl (C=O) groups is 5. The number of oxime groups is 1. The number of aliphatic hydroxyl groups excluding tert-OH is 1. The molecule has 20 nitrogen and oxygen atoms in total. The van der Waals surface area contributed by atoms with E-state index in [1.807, 2.05) is 0 Å². The fourth-order valence-corrected chi connectivity index (χ4v) is 5.53. The maximum Gasteiger partial charge on any atom is 0.437 e. The maximum absolute atomic E-state index is 13.2. The molecule has 2 unspecified atom stereocenters. The molecule has 0 fully saturated rings. The van der Waals surface area contributed by atoms with Crippen LogP contribution in [0, 0.1) is 0 Å². The topological polar surface area (TPSA) is 253 Å². The third-order valence-corrected chi connectivity index (χ3v) is 7.88. The monoisotopic (exact) mass is 875 g/mol. The lowest BCUT2D eigenvalue weighted by Crippen LogP contribution is -2.39. The Hall–Kier alpha value is -5.96. The van der Waals surface area contributed by atoms with Gasteiger partial charge in [0.05, 0.1) is 18.3 Å². The summed E-state index contributed by atoms with van der Waals surface area (Å²) in [6.07, 6.45) is -3.32. The predicted octanol–water partition coefficient (Wildman–Crippen LogP) is 5.61. The number of anilines is 1. The first-order chi connectivity index (χ1) is 28.0. The molecule has 2 aromatic heterocycles. The van der Waals surface area contributed by atoms with Gasteiger partial charge in [0.2, 0.25) is 11.3 Å². The number of ether oxygens (including phenoxy) is 5. The van der Waals surface area contributed by atoms with Crippen molar-refractivity contribution in [3.05, 3.63) is 47.2 Å². The third-order valence-electron chi connectivity index (χ3n) is 7.12. The molecule has 0 aliphatic rings. The number of carboxylic acids is 1. The lowest BCUT2D eigenvalue weighted by atomic mass is 10.1. The number of nitrogens with one attached hydrogen (secondary N) is 2. The van der Waals surface area contributed by atoms with E-state index in [1.165, 1.54) is 5.38 Å². The average Bonchev–Trinajstić information content (AvgIpc) is 3.65. The second kappa shape index (κ2) is 20.1. The van der Waals surface area contributed by atoms with Gasteiger partial charge in [-0.2, -0.15) is 0 Å². The number of rotatable bonds is 14. The van der Waals surface area contributed by atoms with Gasteiger partial charge in [0.25, 0.3) is 6.10 Å². The van der Waals surface area contributed by atoms with E-state index in [2.05, 4.69) is 25.8 Å². The number of aliphatic carboxylic acids is 1. The Bertz CT molecular complexity index is 2130. The molecular weight excluding hydrogens is 819 g/mol. The molecule has 3 amide bonds. The lowest BCUT2D eigenvalue weighted by molar-refractivity contribution is -0.170. The molecule has 0 aliphatic heterocycles. The molecule has 4 N–H and O–H groups in total. The van der Waals surface area contributed by atoms with Gasteiger partial charge < -0.3 is 53.2 Å². The summed E-state index contributed by atoms with van der Waals surface area (Å²) in [6.45, 7) is 19.6. The van der Waals surface area contributed by atoms with E-state index in [9.17, 15) is 34.2 Å². The zero-order valence-electron chi connectivity index (χ0n) is 36.8. The molecule has 3 aromatic rings. The number of amides is 3. The molecule has 1 aromatic carbocycles. The first-order valence-electron chi connectivity index (χ1n) is 19.1. The minimum Gasteiger partial charge on any atom is -0.489 e. The Labute approximate surface area is 357 Å². The summed E-state index contributed by atoms with van der Waals surface area (Å²) in [7, 11) is 1.67. The maximum atomic E-state index is 13.2. The number of carboxylic acid groups (broad SMARTS) is 1. The fraction of sp³-hybridized carbons (Fsp3) is 0.550. The summed E-state index contributed by atoms with van der Waals surface area (Å²) in [5.41, 5.74) is -2.74.